The molecule has 1 amide bonds. The second kappa shape index (κ2) is 7.79. The van der Waals surface area contributed by atoms with Crippen LogP contribution in [-0.4, -0.2) is 59.5 Å². The molecule has 0 bridgehead atoms. The summed E-state index contributed by atoms with van der Waals surface area (Å²) < 4.78 is 6.96. The van der Waals surface area contributed by atoms with Crippen LogP contribution in [0.3, 0.4) is 0 Å². The molecule has 2 aromatic rings. The fourth-order valence-electron chi connectivity index (χ4n) is 2.70. The van der Waals surface area contributed by atoms with Gasteiger partial charge < -0.3 is 10.1 Å². The Morgan fingerprint density at radius 3 is 2.83 bits per heavy atom. The molecular weight excluding hydrogens is 328 g/mol. The first-order valence-electron chi connectivity index (χ1n) is 8.06. The van der Waals surface area contributed by atoms with Gasteiger partial charge in [0.1, 0.15) is 0 Å². The fourth-order valence-corrected chi connectivity index (χ4v) is 2.92. The van der Waals surface area contributed by atoms with Crippen molar-refractivity contribution in [3.8, 4) is 5.69 Å². The van der Waals surface area contributed by atoms with Crippen molar-refractivity contribution in [3.05, 3.63) is 47.2 Å². The molecule has 1 aromatic carbocycles. The zero-order valence-corrected chi connectivity index (χ0v) is 14.4. The molecule has 2 heterocycles. The highest BCUT2D eigenvalue weighted by Gasteiger charge is 2.18. The van der Waals surface area contributed by atoms with E-state index in [1.807, 2.05) is 18.2 Å². The molecule has 1 N–H and O–H groups in total. The van der Waals surface area contributed by atoms with E-state index in [1.165, 1.54) is 0 Å². The number of nitrogens with zero attached hydrogens (tertiary/aromatic N) is 3. The molecular formula is C17H21ClN4O2. The molecule has 1 aromatic heterocycles. The number of hydrogen-bond acceptors (Lipinski definition) is 4. The minimum absolute atomic E-state index is 0.180. The molecule has 0 aliphatic carbocycles. The quantitative estimate of drug-likeness (QED) is 0.897. The largest absolute Gasteiger partial charge is 0.379 e. The maximum atomic E-state index is 12.3. The number of carbonyl (C=O) groups excluding carboxylic acids is 1. The minimum Gasteiger partial charge on any atom is -0.379 e. The fraction of sp³-hybridized carbons (Fsp3) is 0.412. The van der Waals surface area contributed by atoms with Crippen molar-refractivity contribution in [2.75, 3.05) is 32.8 Å². The predicted molar refractivity (Wildman–Crippen MR) is 92.8 cm³/mol. The number of hydrogen-bond donors (Lipinski definition) is 1. The Bertz CT molecular complexity index is 697. The lowest BCUT2D eigenvalue weighted by Crippen LogP contribution is -2.47. The lowest BCUT2D eigenvalue weighted by atomic mass is 10.2. The van der Waals surface area contributed by atoms with Crippen molar-refractivity contribution in [1.29, 1.82) is 0 Å². The van der Waals surface area contributed by atoms with Crippen LogP contribution in [0, 0.1) is 0 Å². The highest BCUT2D eigenvalue weighted by atomic mass is 35.5. The van der Waals surface area contributed by atoms with E-state index in [0.717, 1.165) is 32.0 Å². The molecule has 0 radical (unpaired) electrons. The average molecular weight is 349 g/mol. The molecule has 0 saturated carbocycles. The lowest BCUT2D eigenvalue weighted by Gasteiger charge is -2.32. The van der Waals surface area contributed by atoms with Crippen LogP contribution in [0.15, 0.2) is 36.5 Å². The first-order valence-corrected chi connectivity index (χ1v) is 8.43. The van der Waals surface area contributed by atoms with Crippen LogP contribution < -0.4 is 5.32 Å². The Labute approximate surface area is 146 Å². The van der Waals surface area contributed by atoms with Crippen molar-refractivity contribution >= 4 is 17.5 Å². The van der Waals surface area contributed by atoms with Crippen molar-refractivity contribution in [2.24, 2.45) is 0 Å². The zero-order chi connectivity index (χ0) is 16.9. The molecule has 6 nitrogen and oxygen atoms in total. The summed E-state index contributed by atoms with van der Waals surface area (Å²) in [4.78, 5) is 14.6. The Kier molecular flexibility index (Phi) is 5.50. The van der Waals surface area contributed by atoms with Gasteiger partial charge in [-0.3, -0.25) is 9.69 Å². The molecule has 7 heteroatoms. The number of morpholine rings is 1. The van der Waals surface area contributed by atoms with Crippen LogP contribution in [0.25, 0.3) is 5.69 Å². The van der Waals surface area contributed by atoms with Crippen LogP contribution in [0.4, 0.5) is 0 Å². The number of nitrogens with one attached hydrogen (secondary N) is 1. The van der Waals surface area contributed by atoms with Gasteiger partial charge in [0.25, 0.3) is 5.91 Å². The van der Waals surface area contributed by atoms with E-state index in [-0.39, 0.29) is 11.9 Å². The number of rotatable bonds is 5. The van der Waals surface area contributed by atoms with Crippen molar-refractivity contribution < 1.29 is 9.53 Å². The van der Waals surface area contributed by atoms with Crippen LogP contribution in [0.5, 0.6) is 0 Å². The number of aromatic nitrogens is 2. The van der Waals surface area contributed by atoms with Crippen LogP contribution >= 0.6 is 11.6 Å². The normalized spacial score (nSPS) is 16.8. The predicted octanol–water partition coefficient (Wildman–Crippen LogP) is 1.98. The van der Waals surface area contributed by atoms with E-state index in [0.29, 0.717) is 17.3 Å². The van der Waals surface area contributed by atoms with Gasteiger partial charge >= 0.3 is 0 Å². The van der Waals surface area contributed by atoms with E-state index < -0.39 is 0 Å². The monoisotopic (exact) mass is 348 g/mol. The average Bonchev–Trinajstić information content (AvgIpc) is 3.10. The number of amides is 1. The zero-order valence-electron chi connectivity index (χ0n) is 13.6. The van der Waals surface area contributed by atoms with Gasteiger partial charge in [-0.15, -0.1) is 0 Å². The Balaban J connectivity index is 1.59. The summed E-state index contributed by atoms with van der Waals surface area (Å²) in [5, 5.41) is 7.85. The molecule has 3 rings (SSSR count). The highest BCUT2D eigenvalue weighted by Crippen LogP contribution is 2.19. The SMILES string of the molecule is C[C@H](CNC(=O)c1ccn(-c2ccccc2Cl)n1)N1CCOCC1. The Hall–Kier alpha value is -1.89. The van der Waals surface area contributed by atoms with Gasteiger partial charge in [0.15, 0.2) is 5.69 Å². The molecule has 0 spiro atoms. The van der Waals surface area contributed by atoms with Crippen molar-refractivity contribution in [3.63, 3.8) is 0 Å². The number of benzene rings is 1. The van der Waals surface area contributed by atoms with E-state index in [9.17, 15) is 4.79 Å². The van der Waals surface area contributed by atoms with Gasteiger partial charge in [0.05, 0.1) is 23.9 Å². The second-order valence-corrected chi connectivity index (χ2v) is 6.21. The number of halogens is 1. The molecule has 1 fully saturated rings. The summed E-state index contributed by atoms with van der Waals surface area (Å²) in [6.45, 7) is 5.99. The topological polar surface area (TPSA) is 59.4 Å². The van der Waals surface area contributed by atoms with Crippen LogP contribution in [0.2, 0.25) is 5.02 Å². The first kappa shape index (κ1) is 17.0. The summed E-state index contributed by atoms with van der Waals surface area (Å²) in [5.74, 6) is -0.180. The number of carbonyl (C=O) groups is 1. The maximum Gasteiger partial charge on any atom is 0.271 e. The van der Waals surface area contributed by atoms with Crippen molar-refractivity contribution in [1.82, 2.24) is 20.0 Å². The van der Waals surface area contributed by atoms with Gasteiger partial charge in [-0.1, -0.05) is 23.7 Å². The number of ether oxygens (including phenoxy) is 1. The second-order valence-electron chi connectivity index (χ2n) is 5.80. The smallest absolute Gasteiger partial charge is 0.271 e. The van der Waals surface area contributed by atoms with Crippen LogP contribution in [0.1, 0.15) is 17.4 Å². The van der Waals surface area contributed by atoms with Gasteiger partial charge in [0, 0.05) is 31.9 Å². The molecule has 1 saturated heterocycles. The van der Waals surface area contributed by atoms with Crippen molar-refractivity contribution in [2.45, 2.75) is 13.0 Å². The maximum absolute atomic E-state index is 12.3. The van der Waals surface area contributed by atoms with E-state index in [2.05, 4.69) is 22.2 Å². The molecule has 24 heavy (non-hydrogen) atoms. The van der Waals surface area contributed by atoms with Gasteiger partial charge in [-0.2, -0.15) is 5.10 Å². The third kappa shape index (κ3) is 3.95. The summed E-state index contributed by atoms with van der Waals surface area (Å²) in [7, 11) is 0. The minimum atomic E-state index is -0.180. The van der Waals surface area contributed by atoms with E-state index in [4.69, 9.17) is 16.3 Å². The molecule has 1 atom stereocenters. The molecule has 0 unspecified atom stereocenters. The summed E-state index contributed by atoms with van der Waals surface area (Å²) in [6.07, 6.45) is 1.74. The van der Waals surface area contributed by atoms with Gasteiger partial charge in [-0.05, 0) is 25.1 Å². The van der Waals surface area contributed by atoms with E-state index in [1.54, 1.807) is 23.0 Å². The first-order chi connectivity index (χ1) is 11.6. The van der Waals surface area contributed by atoms with E-state index >= 15 is 0 Å². The van der Waals surface area contributed by atoms with Gasteiger partial charge in [-0.25, -0.2) is 4.68 Å². The highest BCUT2D eigenvalue weighted by molar-refractivity contribution is 6.32. The summed E-state index contributed by atoms with van der Waals surface area (Å²) in [5.41, 5.74) is 1.13. The molecule has 1 aliphatic rings. The van der Waals surface area contributed by atoms with Gasteiger partial charge in [0.2, 0.25) is 0 Å². The third-order valence-corrected chi connectivity index (χ3v) is 4.47. The molecule has 128 valence electrons. The standard InChI is InChI=1S/C17H21ClN4O2/c1-13(21-8-10-24-11-9-21)12-19-17(23)15-6-7-22(20-15)16-5-3-2-4-14(16)18/h2-7,13H,8-12H2,1H3,(H,19,23)/t13-/m1/s1. The molecule has 1 aliphatic heterocycles. The number of para-hydroxylation sites is 1. The lowest BCUT2D eigenvalue weighted by molar-refractivity contribution is 0.0204. The van der Waals surface area contributed by atoms with Crippen LogP contribution in [-0.2, 0) is 4.74 Å². The summed E-state index contributed by atoms with van der Waals surface area (Å²) >= 11 is 6.16. The Morgan fingerprint density at radius 1 is 1.33 bits per heavy atom. The Morgan fingerprint density at radius 2 is 2.08 bits per heavy atom. The summed E-state index contributed by atoms with van der Waals surface area (Å²) in [6, 6.07) is 9.35. The third-order valence-electron chi connectivity index (χ3n) is 4.15.